The van der Waals surface area contributed by atoms with Crippen molar-refractivity contribution >= 4 is 22.5 Å². The van der Waals surface area contributed by atoms with Gasteiger partial charge in [-0.2, -0.15) is 0 Å². The average molecular weight is 420 g/mol. The van der Waals surface area contributed by atoms with E-state index in [-0.39, 0.29) is 11.7 Å². The van der Waals surface area contributed by atoms with Crippen molar-refractivity contribution < 1.29 is 9.18 Å². The predicted molar refractivity (Wildman–Crippen MR) is 115 cm³/mol. The van der Waals surface area contributed by atoms with Gasteiger partial charge in [0.25, 0.3) is 0 Å². The molecule has 1 aliphatic carbocycles. The van der Waals surface area contributed by atoms with Crippen LogP contribution in [0.15, 0.2) is 42.9 Å². The van der Waals surface area contributed by atoms with Gasteiger partial charge in [0.05, 0.1) is 5.69 Å². The van der Waals surface area contributed by atoms with E-state index in [1.807, 2.05) is 12.3 Å². The zero-order valence-corrected chi connectivity index (χ0v) is 17.2. The molecule has 7 nitrogen and oxygen atoms in total. The Bertz CT molecular complexity index is 1190. The fraction of sp³-hybridized carbons (Fsp3) is 0.391. The van der Waals surface area contributed by atoms with Crippen LogP contribution in [0, 0.1) is 11.7 Å². The van der Waals surface area contributed by atoms with Gasteiger partial charge in [-0.15, -0.1) is 5.10 Å². The summed E-state index contributed by atoms with van der Waals surface area (Å²) in [5.74, 6) is 0.616. The van der Waals surface area contributed by atoms with Crippen LogP contribution in [0.25, 0.3) is 16.6 Å². The minimum atomic E-state index is -0.239. The number of amides is 1. The van der Waals surface area contributed by atoms with Crippen LogP contribution in [0.4, 0.5) is 4.39 Å². The molecule has 0 spiro atoms. The topological polar surface area (TPSA) is 88.0 Å². The second kappa shape index (κ2) is 8.45. The number of benzene rings is 1. The predicted octanol–water partition coefficient (Wildman–Crippen LogP) is 3.77. The molecule has 3 aromatic heterocycles. The SMILES string of the molecule is O=C(CC1CCC(c2nnn3cnc4[nH]ccc4c23)CC1)NCCc1ccc(F)cc1. The number of carbonyl (C=O) groups excluding carboxylic acids is 1. The van der Waals surface area contributed by atoms with E-state index in [1.54, 1.807) is 23.0 Å². The molecule has 3 heterocycles. The summed E-state index contributed by atoms with van der Waals surface area (Å²) in [6.45, 7) is 0.576. The molecule has 0 bridgehead atoms. The molecule has 8 heteroatoms. The number of hydrogen-bond donors (Lipinski definition) is 2. The summed E-state index contributed by atoms with van der Waals surface area (Å²) >= 11 is 0. The lowest BCUT2D eigenvalue weighted by Crippen LogP contribution is -2.28. The molecule has 4 aromatic rings. The number of carbonyl (C=O) groups is 1. The summed E-state index contributed by atoms with van der Waals surface area (Å²) in [5.41, 5.74) is 3.94. The second-order valence-electron chi connectivity index (χ2n) is 8.40. The number of nitrogens with zero attached hydrogens (tertiary/aromatic N) is 4. The van der Waals surface area contributed by atoms with Crippen molar-refractivity contribution in [2.24, 2.45) is 5.92 Å². The quantitative estimate of drug-likeness (QED) is 0.497. The van der Waals surface area contributed by atoms with Crippen molar-refractivity contribution in [2.75, 3.05) is 6.54 Å². The van der Waals surface area contributed by atoms with Crippen molar-refractivity contribution in [3.63, 3.8) is 0 Å². The summed E-state index contributed by atoms with van der Waals surface area (Å²) in [7, 11) is 0. The van der Waals surface area contributed by atoms with Gasteiger partial charge in [-0.25, -0.2) is 13.9 Å². The third-order valence-electron chi connectivity index (χ3n) is 6.35. The van der Waals surface area contributed by atoms with Gasteiger partial charge in [-0.1, -0.05) is 17.3 Å². The maximum atomic E-state index is 13.0. The third-order valence-corrected chi connectivity index (χ3v) is 6.35. The Morgan fingerprint density at radius 1 is 1.16 bits per heavy atom. The van der Waals surface area contributed by atoms with Gasteiger partial charge in [-0.05, 0) is 61.8 Å². The number of aromatic nitrogens is 5. The fourth-order valence-corrected chi connectivity index (χ4v) is 4.67. The lowest BCUT2D eigenvalue weighted by molar-refractivity contribution is -0.122. The smallest absolute Gasteiger partial charge is 0.220 e. The van der Waals surface area contributed by atoms with Crippen molar-refractivity contribution in [3.8, 4) is 0 Å². The zero-order valence-electron chi connectivity index (χ0n) is 17.2. The highest BCUT2D eigenvalue weighted by atomic mass is 19.1. The van der Waals surface area contributed by atoms with Gasteiger partial charge in [-0.3, -0.25) is 4.79 Å². The van der Waals surface area contributed by atoms with Crippen LogP contribution < -0.4 is 5.32 Å². The van der Waals surface area contributed by atoms with E-state index >= 15 is 0 Å². The number of aromatic amines is 1. The van der Waals surface area contributed by atoms with Crippen LogP contribution in [0.3, 0.4) is 0 Å². The van der Waals surface area contributed by atoms with Gasteiger partial charge < -0.3 is 10.3 Å². The highest BCUT2D eigenvalue weighted by molar-refractivity contribution is 5.92. The first-order chi connectivity index (χ1) is 15.2. The highest BCUT2D eigenvalue weighted by Gasteiger charge is 2.27. The summed E-state index contributed by atoms with van der Waals surface area (Å²) in [4.78, 5) is 19.9. The number of hydrogen-bond acceptors (Lipinski definition) is 4. The molecule has 2 N–H and O–H groups in total. The summed E-state index contributed by atoms with van der Waals surface area (Å²) in [6.07, 6.45) is 8.90. The van der Waals surface area contributed by atoms with E-state index in [2.05, 4.69) is 25.6 Å². The highest BCUT2D eigenvalue weighted by Crippen LogP contribution is 2.38. The van der Waals surface area contributed by atoms with Crippen molar-refractivity contribution in [1.82, 2.24) is 30.1 Å². The Kier molecular flexibility index (Phi) is 5.36. The maximum absolute atomic E-state index is 13.0. The molecule has 1 fully saturated rings. The molecule has 0 atom stereocenters. The van der Waals surface area contributed by atoms with Crippen LogP contribution in [-0.2, 0) is 11.2 Å². The first-order valence-electron chi connectivity index (χ1n) is 10.9. The van der Waals surface area contributed by atoms with Crippen molar-refractivity contribution in [3.05, 3.63) is 59.9 Å². The van der Waals surface area contributed by atoms with Gasteiger partial charge in [0, 0.05) is 30.5 Å². The summed E-state index contributed by atoms with van der Waals surface area (Å²) in [6, 6.07) is 8.44. The molecular formula is C23H25FN6O. The Labute approximate surface area is 179 Å². The molecule has 1 aliphatic rings. The van der Waals surface area contributed by atoms with Crippen LogP contribution >= 0.6 is 0 Å². The first-order valence-corrected chi connectivity index (χ1v) is 10.9. The van der Waals surface area contributed by atoms with Gasteiger partial charge >= 0.3 is 0 Å². The number of fused-ring (bicyclic) bond motifs is 3. The maximum Gasteiger partial charge on any atom is 0.220 e. The Balaban J connectivity index is 1.14. The number of rotatable bonds is 6. The standard InChI is InChI=1S/C23H25FN6O/c24-18-7-3-15(4-8-18)9-11-25-20(31)13-16-1-5-17(6-2-16)21-22-19-10-12-26-23(19)27-14-30(22)29-28-21/h3-4,7-8,10,12,14,16-17,26H,1-2,5-6,9,11,13H2,(H,25,31). The molecule has 1 amide bonds. The summed E-state index contributed by atoms with van der Waals surface area (Å²) < 4.78 is 14.7. The van der Waals surface area contributed by atoms with Gasteiger partial charge in [0.1, 0.15) is 23.3 Å². The van der Waals surface area contributed by atoms with E-state index in [0.29, 0.717) is 31.2 Å². The van der Waals surface area contributed by atoms with E-state index in [0.717, 1.165) is 53.5 Å². The second-order valence-corrected chi connectivity index (χ2v) is 8.40. The molecule has 0 saturated heterocycles. The van der Waals surface area contributed by atoms with E-state index in [9.17, 15) is 9.18 Å². The van der Waals surface area contributed by atoms with E-state index < -0.39 is 0 Å². The van der Waals surface area contributed by atoms with E-state index in [4.69, 9.17) is 0 Å². The molecule has 0 aliphatic heterocycles. The normalized spacial score (nSPS) is 19.1. The molecule has 0 radical (unpaired) electrons. The van der Waals surface area contributed by atoms with Crippen LogP contribution in [0.2, 0.25) is 0 Å². The molecule has 5 rings (SSSR count). The molecule has 0 unspecified atom stereocenters. The van der Waals surface area contributed by atoms with Crippen molar-refractivity contribution in [1.29, 1.82) is 0 Å². The van der Waals surface area contributed by atoms with Crippen LogP contribution in [0.5, 0.6) is 0 Å². The number of nitrogens with one attached hydrogen (secondary N) is 2. The molecule has 1 saturated carbocycles. The molecular weight excluding hydrogens is 395 g/mol. The van der Waals surface area contributed by atoms with Crippen LogP contribution in [0.1, 0.15) is 49.3 Å². The number of halogens is 1. The lowest BCUT2D eigenvalue weighted by atomic mass is 9.79. The minimum absolute atomic E-state index is 0.0970. The van der Waals surface area contributed by atoms with E-state index in [1.165, 1.54) is 12.1 Å². The third kappa shape index (κ3) is 4.15. The molecule has 160 valence electrons. The van der Waals surface area contributed by atoms with Crippen LogP contribution in [-0.4, -0.2) is 37.2 Å². The first kappa shape index (κ1) is 19.7. The molecule has 31 heavy (non-hydrogen) atoms. The van der Waals surface area contributed by atoms with Gasteiger partial charge in [0.15, 0.2) is 0 Å². The minimum Gasteiger partial charge on any atom is -0.356 e. The number of H-pyrrole nitrogens is 1. The Hall–Kier alpha value is -3.29. The fourth-order valence-electron chi connectivity index (χ4n) is 4.67. The van der Waals surface area contributed by atoms with Gasteiger partial charge in [0.2, 0.25) is 5.91 Å². The Morgan fingerprint density at radius 3 is 2.77 bits per heavy atom. The Morgan fingerprint density at radius 2 is 1.97 bits per heavy atom. The summed E-state index contributed by atoms with van der Waals surface area (Å²) in [5, 5.41) is 12.8. The monoisotopic (exact) mass is 420 g/mol. The largest absolute Gasteiger partial charge is 0.356 e. The lowest BCUT2D eigenvalue weighted by Gasteiger charge is -2.27. The molecule has 1 aromatic carbocycles. The zero-order chi connectivity index (χ0) is 21.2. The average Bonchev–Trinajstić information content (AvgIpc) is 3.42. The van der Waals surface area contributed by atoms with Crippen molar-refractivity contribution in [2.45, 2.75) is 44.4 Å².